The van der Waals surface area contributed by atoms with E-state index in [0.29, 0.717) is 15.7 Å². The molecule has 0 aliphatic rings. The van der Waals surface area contributed by atoms with Crippen molar-refractivity contribution >= 4 is 60.1 Å². The molecule has 1 N–H and O–H groups in total. The number of benzene rings is 2. The Morgan fingerprint density at radius 1 is 1.29 bits per heavy atom. The maximum Gasteiger partial charge on any atom is 0.257 e. The standard InChI is InChI=1S/C14H7BrClFN2OS/c15-9-5-7(1-3-10(9)17)13(20)19-14-18-11-4-2-8(16)6-12(11)21-14/h1-6H,(H,18,19,20). The largest absolute Gasteiger partial charge is 0.298 e. The second kappa shape index (κ2) is 5.71. The lowest BCUT2D eigenvalue weighted by Gasteiger charge is -2.02. The topological polar surface area (TPSA) is 42.0 Å². The zero-order valence-corrected chi connectivity index (χ0v) is 13.5. The van der Waals surface area contributed by atoms with E-state index in [4.69, 9.17) is 11.6 Å². The van der Waals surface area contributed by atoms with Gasteiger partial charge in [-0.3, -0.25) is 10.1 Å². The molecule has 1 heterocycles. The number of nitrogens with one attached hydrogen (secondary N) is 1. The van der Waals surface area contributed by atoms with Crippen LogP contribution in [-0.2, 0) is 0 Å². The van der Waals surface area contributed by atoms with Gasteiger partial charge in [0.2, 0.25) is 0 Å². The van der Waals surface area contributed by atoms with Crippen LogP contribution in [-0.4, -0.2) is 10.9 Å². The molecular formula is C14H7BrClFN2OS. The Morgan fingerprint density at radius 2 is 2.10 bits per heavy atom. The van der Waals surface area contributed by atoms with Crippen molar-refractivity contribution in [2.45, 2.75) is 0 Å². The Balaban J connectivity index is 1.87. The molecule has 2 aromatic carbocycles. The summed E-state index contributed by atoms with van der Waals surface area (Å²) in [6.45, 7) is 0. The van der Waals surface area contributed by atoms with E-state index < -0.39 is 5.82 Å². The Morgan fingerprint density at radius 3 is 2.86 bits per heavy atom. The average molecular weight is 386 g/mol. The molecule has 0 aliphatic heterocycles. The Hall–Kier alpha value is -1.50. The van der Waals surface area contributed by atoms with Crippen LogP contribution in [0.2, 0.25) is 5.02 Å². The van der Waals surface area contributed by atoms with E-state index in [-0.39, 0.29) is 10.4 Å². The van der Waals surface area contributed by atoms with Crippen LogP contribution in [0.4, 0.5) is 9.52 Å². The summed E-state index contributed by atoms with van der Waals surface area (Å²) in [4.78, 5) is 16.4. The molecule has 3 aromatic rings. The number of thiazole rings is 1. The third-order valence-electron chi connectivity index (χ3n) is 2.75. The molecule has 3 rings (SSSR count). The summed E-state index contributed by atoms with van der Waals surface area (Å²) in [5, 5.41) is 3.78. The van der Waals surface area contributed by atoms with Gasteiger partial charge in [-0.2, -0.15) is 0 Å². The van der Waals surface area contributed by atoms with Crippen molar-refractivity contribution in [3.63, 3.8) is 0 Å². The number of fused-ring (bicyclic) bond motifs is 1. The van der Waals surface area contributed by atoms with Crippen LogP contribution in [0.3, 0.4) is 0 Å². The number of anilines is 1. The van der Waals surface area contributed by atoms with Gasteiger partial charge < -0.3 is 0 Å². The molecule has 106 valence electrons. The number of hydrogen-bond donors (Lipinski definition) is 1. The number of carbonyl (C=O) groups excluding carboxylic acids is 1. The predicted molar refractivity (Wildman–Crippen MR) is 86.7 cm³/mol. The fourth-order valence-corrected chi connectivity index (χ4v) is 3.27. The van der Waals surface area contributed by atoms with Gasteiger partial charge in [0, 0.05) is 10.6 Å². The maximum atomic E-state index is 13.2. The highest BCUT2D eigenvalue weighted by Crippen LogP contribution is 2.28. The summed E-state index contributed by atoms with van der Waals surface area (Å²) < 4.78 is 14.3. The minimum atomic E-state index is -0.416. The van der Waals surface area contributed by atoms with E-state index >= 15 is 0 Å². The number of rotatable bonds is 2. The van der Waals surface area contributed by atoms with Gasteiger partial charge in [-0.1, -0.05) is 22.9 Å². The van der Waals surface area contributed by atoms with Crippen molar-refractivity contribution in [1.29, 1.82) is 0 Å². The van der Waals surface area contributed by atoms with Crippen LogP contribution in [0, 0.1) is 5.82 Å². The molecule has 1 amide bonds. The molecule has 0 aliphatic carbocycles. The van der Waals surface area contributed by atoms with Crippen molar-refractivity contribution in [2.24, 2.45) is 0 Å². The van der Waals surface area contributed by atoms with Gasteiger partial charge in [0.25, 0.3) is 5.91 Å². The average Bonchev–Trinajstić information content (AvgIpc) is 2.83. The van der Waals surface area contributed by atoms with E-state index in [1.807, 2.05) is 0 Å². The fourth-order valence-electron chi connectivity index (χ4n) is 1.76. The number of halogens is 3. The van der Waals surface area contributed by atoms with Crippen molar-refractivity contribution in [3.8, 4) is 0 Å². The summed E-state index contributed by atoms with van der Waals surface area (Å²) in [7, 11) is 0. The molecule has 0 saturated carbocycles. The highest BCUT2D eigenvalue weighted by Gasteiger charge is 2.11. The van der Waals surface area contributed by atoms with Crippen LogP contribution in [0.5, 0.6) is 0 Å². The maximum absolute atomic E-state index is 13.2. The smallest absolute Gasteiger partial charge is 0.257 e. The zero-order valence-electron chi connectivity index (χ0n) is 10.4. The Bertz CT molecular complexity index is 852. The molecule has 0 unspecified atom stereocenters. The quantitative estimate of drug-likeness (QED) is 0.666. The minimum Gasteiger partial charge on any atom is -0.298 e. The molecule has 0 saturated heterocycles. The second-order valence-corrected chi connectivity index (χ2v) is 6.54. The third-order valence-corrected chi connectivity index (χ3v) is 4.53. The first kappa shape index (κ1) is 14.4. The predicted octanol–water partition coefficient (Wildman–Crippen LogP) is 5.10. The summed E-state index contributed by atoms with van der Waals surface area (Å²) >= 11 is 10.3. The Kier molecular flexibility index (Phi) is 3.93. The molecule has 0 fully saturated rings. The summed E-state index contributed by atoms with van der Waals surface area (Å²) in [6.07, 6.45) is 0. The van der Waals surface area contributed by atoms with E-state index in [9.17, 15) is 9.18 Å². The minimum absolute atomic E-state index is 0.242. The van der Waals surface area contributed by atoms with Crippen molar-refractivity contribution in [3.05, 3.63) is 57.3 Å². The van der Waals surface area contributed by atoms with Crippen molar-refractivity contribution in [1.82, 2.24) is 4.98 Å². The monoisotopic (exact) mass is 384 g/mol. The third kappa shape index (κ3) is 3.07. The van der Waals surface area contributed by atoms with Crippen LogP contribution in [0.15, 0.2) is 40.9 Å². The molecule has 0 spiro atoms. The van der Waals surface area contributed by atoms with Crippen molar-refractivity contribution < 1.29 is 9.18 Å². The van der Waals surface area contributed by atoms with E-state index in [1.165, 1.54) is 29.5 Å². The van der Waals surface area contributed by atoms with Gasteiger partial charge in [-0.25, -0.2) is 9.37 Å². The molecule has 0 bridgehead atoms. The summed E-state index contributed by atoms with van der Waals surface area (Å²) in [5.74, 6) is -0.762. The highest BCUT2D eigenvalue weighted by atomic mass is 79.9. The summed E-state index contributed by atoms with van der Waals surface area (Å²) in [5.41, 5.74) is 1.11. The van der Waals surface area contributed by atoms with Crippen LogP contribution in [0.1, 0.15) is 10.4 Å². The van der Waals surface area contributed by atoms with Crippen LogP contribution < -0.4 is 5.32 Å². The lowest BCUT2D eigenvalue weighted by Crippen LogP contribution is -2.11. The molecule has 0 radical (unpaired) electrons. The Labute approximate surface area is 136 Å². The van der Waals surface area contributed by atoms with E-state index in [0.717, 1.165) is 10.2 Å². The lowest BCUT2D eigenvalue weighted by molar-refractivity contribution is 0.102. The van der Waals surface area contributed by atoms with Gasteiger partial charge >= 0.3 is 0 Å². The molecule has 3 nitrogen and oxygen atoms in total. The normalized spacial score (nSPS) is 10.8. The van der Waals surface area contributed by atoms with E-state index in [1.54, 1.807) is 18.2 Å². The number of nitrogens with zero attached hydrogens (tertiary/aromatic N) is 1. The van der Waals surface area contributed by atoms with Gasteiger partial charge in [-0.05, 0) is 52.3 Å². The summed E-state index contributed by atoms with van der Waals surface area (Å²) in [6, 6.07) is 9.40. The first-order chi connectivity index (χ1) is 10.0. The zero-order chi connectivity index (χ0) is 15.0. The molecule has 21 heavy (non-hydrogen) atoms. The van der Waals surface area contributed by atoms with Gasteiger partial charge in [0.05, 0.1) is 14.7 Å². The van der Waals surface area contributed by atoms with Crippen molar-refractivity contribution in [2.75, 3.05) is 5.32 Å². The van der Waals surface area contributed by atoms with E-state index in [2.05, 4.69) is 26.2 Å². The number of hydrogen-bond acceptors (Lipinski definition) is 3. The molecule has 1 aromatic heterocycles. The van der Waals surface area contributed by atoms with Gasteiger partial charge in [0.15, 0.2) is 5.13 Å². The van der Waals surface area contributed by atoms with Gasteiger partial charge in [0.1, 0.15) is 5.82 Å². The fraction of sp³-hybridized carbons (Fsp3) is 0. The van der Waals surface area contributed by atoms with Crippen LogP contribution >= 0.6 is 38.9 Å². The second-order valence-electron chi connectivity index (χ2n) is 4.21. The number of carbonyl (C=O) groups is 1. The lowest BCUT2D eigenvalue weighted by atomic mass is 10.2. The molecule has 7 heteroatoms. The highest BCUT2D eigenvalue weighted by molar-refractivity contribution is 9.10. The van der Waals surface area contributed by atoms with Crippen LogP contribution in [0.25, 0.3) is 10.2 Å². The first-order valence-electron chi connectivity index (χ1n) is 5.85. The first-order valence-corrected chi connectivity index (χ1v) is 7.84. The molecular weight excluding hydrogens is 379 g/mol. The van der Waals surface area contributed by atoms with Gasteiger partial charge in [-0.15, -0.1) is 0 Å². The number of amides is 1. The molecule has 0 atom stereocenters. The SMILES string of the molecule is O=C(Nc1nc2ccc(Cl)cc2s1)c1ccc(F)c(Br)c1. The number of aromatic nitrogens is 1.